The van der Waals surface area contributed by atoms with Crippen LogP contribution in [0, 0.1) is 23.5 Å². The number of H-pyrrole nitrogens is 1. The Kier molecular flexibility index (Phi) is 8.85. The molecule has 0 spiro atoms. The summed E-state index contributed by atoms with van der Waals surface area (Å²) in [6.45, 7) is 3.81. The molecule has 0 atom stereocenters. The number of benzene rings is 2. The van der Waals surface area contributed by atoms with Crippen molar-refractivity contribution >= 4 is 45.1 Å². The average Bonchev–Trinajstić information content (AvgIpc) is 3.59. The smallest absolute Gasteiger partial charge is 0.329 e. The Balaban J connectivity index is 0.895. The molecule has 5 aromatic rings. The number of carbonyl (C=O) groups is 2. The van der Waals surface area contributed by atoms with Gasteiger partial charge >= 0.3 is 6.03 Å². The first-order valence-electron chi connectivity index (χ1n) is 17.8. The molecule has 0 unspecified atom stereocenters. The summed E-state index contributed by atoms with van der Waals surface area (Å²) in [4.78, 5) is 46.4. The zero-order valence-corrected chi connectivity index (χ0v) is 29.1. The number of piperidine rings is 2. The van der Waals surface area contributed by atoms with Crippen LogP contribution in [-0.2, 0) is 18.4 Å². The summed E-state index contributed by atoms with van der Waals surface area (Å²) in [6.07, 6.45) is 8.99. The number of rotatable bonds is 7. The number of aromatic amines is 1. The molecule has 0 radical (unpaired) electrons. The third-order valence-corrected chi connectivity index (χ3v) is 11.2. The molecule has 8 rings (SSSR count). The Labute approximate surface area is 298 Å². The Hall–Kier alpha value is -5.37. The number of fused-ring (bicyclic) bond motifs is 2. The van der Waals surface area contributed by atoms with E-state index in [1.54, 1.807) is 50.9 Å². The quantitative estimate of drug-likeness (QED) is 0.232. The van der Waals surface area contributed by atoms with Gasteiger partial charge in [0.05, 0.1) is 18.2 Å². The lowest BCUT2D eigenvalue weighted by molar-refractivity contribution is -0.120. The number of amides is 3. The van der Waals surface area contributed by atoms with E-state index in [4.69, 9.17) is 4.74 Å². The van der Waals surface area contributed by atoms with E-state index in [1.165, 1.54) is 15.5 Å². The van der Waals surface area contributed by atoms with Crippen molar-refractivity contribution in [3.63, 3.8) is 0 Å². The van der Waals surface area contributed by atoms with Gasteiger partial charge in [0.1, 0.15) is 17.1 Å². The second-order valence-electron chi connectivity index (χ2n) is 14.1. The topological polar surface area (TPSA) is 129 Å². The zero-order chi connectivity index (χ0) is 36.1. The second kappa shape index (κ2) is 13.6. The molecule has 6 heterocycles. The molecular formula is C38H40F2N8O4. The van der Waals surface area contributed by atoms with E-state index >= 15 is 8.78 Å². The first-order chi connectivity index (χ1) is 25.2. The fraction of sp³-hybridized carbons (Fsp3) is 0.395. The third-order valence-electron chi connectivity index (χ3n) is 11.2. The summed E-state index contributed by atoms with van der Waals surface area (Å²) < 4.78 is 38.9. The standard InChI is InChI=1S/C38H40F2N8O4/c1-45-20-28(25-5-11-41-19-27(25)37(45)50)24-17-30(39)29(32(18-24)52-2)21-46-12-6-22(7-13-46)23-8-14-47(15-9-23)31-4-3-26-35(34(31)40)43-44-36(26)48-16-10-33(49)42-38(48)51/h3-5,11,17-20,22-23H,6-10,12-16,21H2,1-2H3,(H,43,44)(H,42,49,51). The number of ether oxygens (including phenoxy) is 1. The lowest BCUT2D eigenvalue weighted by atomic mass is 9.78. The molecule has 3 aliphatic rings. The van der Waals surface area contributed by atoms with Crippen molar-refractivity contribution in [2.24, 2.45) is 18.9 Å². The predicted molar refractivity (Wildman–Crippen MR) is 193 cm³/mol. The monoisotopic (exact) mass is 710 g/mol. The fourth-order valence-electron chi connectivity index (χ4n) is 8.31. The number of likely N-dealkylation sites (tertiary alicyclic amines) is 1. The molecule has 0 aliphatic carbocycles. The van der Waals surface area contributed by atoms with Crippen molar-refractivity contribution in [2.45, 2.75) is 38.6 Å². The number of imide groups is 1. The molecule has 3 fully saturated rings. The first kappa shape index (κ1) is 33.8. The fourth-order valence-corrected chi connectivity index (χ4v) is 8.31. The summed E-state index contributed by atoms with van der Waals surface area (Å²) in [5, 5.41) is 11.0. The van der Waals surface area contributed by atoms with Crippen LogP contribution in [0.3, 0.4) is 0 Å². The number of carbonyl (C=O) groups excluding carboxylic acids is 2. The Bertz CT molecular complexity index is 2260. The summed E-state index contributed by atoms with van der Waals surface area (Å²) in [7, 11) is 3.23. The van der Waals surface area contributed by atoms with Crippen LogP contribution in [0.1, 0.15) is 37.7 Å². The molecule has 3 amide bonds. The van der Waals surface area contributed by atoms with Crippen molar-refractivity contribution in [3.05, 3.63) is 76.5 Å². The van der Waals surface area contributed by atoms with E-state index in [9.17, 15) is 14.4 Å². The van der Waals surface area contributed by atoms with E-state index in [-0.39, 0.29) is 35.8 Å². The average molecular weight is 711 g/mol. The molecule has 3 aromatic heterocycles. The summed E-state index contributed by atoms with van der Waals surface area (Å²) in [5.41, 5.74) is 2.48. The Morgan fingerprint density at radius 2 is 1.67 bits per heavy atom. The number of pyridine rings is 2. The molecule has 12 nitrogen and oxygen atoms in total. The number of methoxy groups -OCH3 is 1. The maximum absolute atomic E-state index is 15.8. The van der Waals surface area contributed by atoms with Gasteiger partial charge < -0.3 is 14.2 Å². The van der Waals surface area contributed by atoms with Gasteiger partial charge in [-0.05, 0) is 91.9 Å². The molecule has 3 aliphatic heterocycles. The van der Waals surface area contributed by atoms with Crippen LogP contribution in [0.15, 0.2) is 53.7 Å². The highest BCUT2D eigenvalue weighted by molar-refractivity contribution is 6.09. The first-order valence-corrected chi connectivity index (χ1v) is 17.8. The molecule has 14 heteroatoms. The largest absolute Gasteiger partial charge is 0.496 e. The minimum absolute atomic E-state index is 0.159. The molecule has 0 bridgehead atoms. The van der Waals surface area contributed by atoms with E-state index in [0.29, 0.717) is 62.9 Å². The van der Waals surface area contributed by atoms with E-state index < -0.39 is 11.8 Å². The number of hydrogen-bond acceptors (Lipinski definition) is 8. The number of nitrogens with one attached hydrogen (secondary N) is 2. The van der Waals surface area contributed by atoms with Gasteiger partial charge in [-0.25, -0.2) is 13.6 Å². The van der Waals surface area contributed by atoms with Gasteiger partial charge in [0.15, 0.2) is 11.6 Å². The van der Waals surface area contributed by atoms with Gasteiger partial charge in [-0.2, -0.15) is 5.10 Å². The summed E-state index contributed by atoms with van der Waals surface area (Å²) in [5.74, 6) is 0.783. The SMILES string of the molecule is COc1cc(-c2cn(C)c(=O)c3cnccc23)cc(F)c1CN1CCC(C2CCN(c3ccc4c(N5CCC(=O)NC5=O)n[nH]c4c3F)CC2)CC1. The Morgan fingerprint density at radius 1 is 0.923 bits per heavy atom. The maximum atomic E-state index is 15.8. The van der Waals surface area contributed by atoms with Crippen LogP contribution in [-0.4, -0.2) is 76.4 Å². The van der Waals surface area contributed by atoms with Gasteiger partial charge in [0.25, 0.3) is 5.56 Å². The lowest BCUT2D eigenvalue weighted by Crippen LogP contribution is -2.49. The number of halogens is 2. The summed E-state index contributed by atoms with van der Waals surface area (Å²) >= 11 is 0. The summed E-state index contributed by atoms with van der Waals surface area (Å²) in [6, 6.07) is 8.13. The van der Waals surface area contributed by atoms with Crippen molar-refractivity contribution in [2.75, 3.05) is 49.6 Å². The van der Waals surface area contributed by atoms with Crippen LogP contribution in [0.4, 0.5) is 25.1 Å². The lowest BCUT2D eigenvalue weighted by Gasteiger charge is -2.41. The van der Waals surface area contributed by atoms with E-state index in [1.807, 2.05) is 6.07 Å². The van der Waals surface area contributed by atoms with Crippen molar-refractivity contribution < 1.29 is 23.1 Å². The zero-order valence-electron chi connectivity index (χ0n) is 29.1. The Morgan fingerprint density at radius 3 is 2.40 bits per heavy atom. The van der Waals surface area contributed by atoms with Crippen molar-refractivity contribution in [3.8, 4) is 16.9 Å². The number of hydrogen-bond donors (Lipinski definition) is 2. The normalized spacial score (nSPS) is 18.1. The number of nitrogens with zero attached hydrogens (tertiary/aromatic N) is 6. The van der Waals surface area contributed by atoms with Crippen molar-refractivity contribution in [1.29, 1.82) is 0 Å². The number of urea groups is 1. The molecule has 52 heavy (non-hydrogen) atoms. The number of aryl methyl sites for hydroxylation is 1. The molecule has 3 saturated heterocycles. The maximum Gasteiger partial charge on any atom is 0.329 e. The highest BCUT2D eigenvalue weighted by Crippen LogP contribution is 2.39. The van der Waals surface area contributed by atoms with Crippen LogP contribution < -0.4 is 25.4 Å². The second-order valence-corrected chi connectivity index (χ2v) is 14.1. The highest BCUT2D eigenvalue weighted by atomic mass is 19.1. The third kappa shape index (κ3) is 6.04. The van der Waals surface area contributed by atoms with E-state index in [2.05, 4.69) is 30.3 Å². The van der Waals surface area contributed by atoms with Crippen LogP contribution in [0.5, 0.6) is 5.75 Å². The number of aromatic nitrogens is 4. The van der Waals surface area contributed by atoms with Gasteiger partial charge in [-0.3, -0.25) is 34.8 Å². The minimum Gasteiger partial charge on any atom is -0.496 e. The predicted octanol–water partition coefficient (Wildman–Crippen LogP) is 5.34. The van der Waals surface area contributed by atoms with Gasteiger partial charge in [-0.15, -0.1) is 0 Å². The molecule has 2 N–H and O–H groups in total. The van der Waals surface area contributed by atoms with Crippen LogP contribution >= 0.6 is 0 Å². The minimum atomic E-state index is -0.561. The van der Waals surface area contributed by atoms with Crippen LogP contribution in [0.2, 0.25) is 0 Å². The van der Waals surface area contributed by atoms with Gasteiger partial charge in [0.2, 0.25) is 5.91 Å². The van der Waals surface area contributed by atoms with Crippen molar-refractivity contribution in [1.82, 2.24) is 30.0 Å². The van der Waals surface area contributed by atoms with Gasteiger partial charge in [-0.1, -0.05) is 0 Å². The number of anilines is 2. The molecule has 270 valence electrons. The van der Waals surface area contributed by atoms with E-state index in [0.717, 1.165) is 57.4 Å². The van der Waals surface area contributed by atoms with Crippen LogP contribution in [0.25, 0.3) is 32.8 Å². The molecule has 2 aromatic carbocycles. The van der Waals surface area contributed by atoms with Gasteiger partial charge in [0, 0.05) is 74.8 Å². The molecule has 0 saturated carbocycles. The molecular weight excluding hydrogens is 670 g/mol. The highest BCUT2D eigenvalue weighted by Gasteiger charge is 2.33.